The van der Waals surface area contributed by atoms with E-state index in [-0.39, 0.29) is 16.8 Å². The molecular weight excluding hydrogens is 323 g/mol. The third kappa shape index (κ3) is 3.25. The van der Waals surface area contributed by atoms with E-state index in [9.17, 15) is 18.0 Å². The lowest BCUT2D eigenvalue weighted by molar-refractivity contribution is -0.275. The maximum absolute atomic E-state index is 12.2. The molecule has 0 atom stereocenters. The van der Waals surface area contributed by atoms with Crippen LogP contribution in [0.15, 0.2) is 6.20 Å². The number of pyridine rings is 1. The van der Waals surface area contributed by atoms with Crippen molar-refractivity contribution in [1.82, 2.24) is 4.98 Å². The summed E-state index contributed by atoms with van der Waals surface area (Å²) in [6.07, 6.45) is -4.26. The van der Waals surface area contributed by atoms with E-state index in [1.165, 1.54) is 7.11 Å². The fourth-order valence-corrected chi connectivity index (χ4v) is 1.69. The molecule has 1 N–H and O–H groups in total. The summed E-state index contributed by atoms with van der Waals surface area (Å²) in [5.41, 5.74) is -0.822. The second-order valence-electron chi connectivity index (χ2n) is 2.98. The number of aromatic carboxylic acids is 1. The highest BCUT2D eigenvalue weighted by Gasteiger charge is 2.35. The third-order valence-corrected chi connectivity index (χ3v) is 2.42. The highest BCUT2D eigenvalue weighted by Crippen LogP contribution is 2.35. The van der Waals surface area contributed by atoms with Crippen LogP contribution in [-0.4, -0.2) is 29.5 Å². The predicted molar refractivity (Wildman–Crippen MR) is 57.1 cm³/mol. The summed E-state index contributed by atoms with van der Waals surface area (Å²) in [7, 11) is 1.20. The molecule has 0 aliphatic rings. The number of ether oxygens (including phenoxy) is 2. The van der Waals surface area contributed by atoms with Crippen LogP contribution in [0.3, 0.4) is 0 Å². The van der Waals surface area contributed by atoms with Crippen LogP contribution in [0.4, 0.5) is 13.2 Å². The van der Waals surface area contributed by atoms with E-state index in [4.69, 9.17) is 9.84 Å². The molecule has 0 radical (unpaired) electrons. The Morgan fingerprint density at radius 3 is 2.56 bits per heavy atom. The summed E-state index contributed by atoms with van der Waals surface area (Å²) in [5.74, 6) is -2.55. The van der Waals surface area contributed by atoms with Crippen molar-refractivity contribution in [1.29, 1.82) is 0 Å². The van der Waals surface area contributed by atoms with Crippen molar-refractivity contribution >= 4 is 21.9 Å². The molecule has 0 spiro atoms. The lowest BCUT2D eigenvalue weighted by atomic mass is 10.2. The molecule has 0 aliphatic heterocycles. The molecule has 0 unspecified atom stereocenters. The molecular formula is C9H7BrF3NO4. The first-order valence-electron chi connectivity index (χ1n) is 4.41. The van der Waals surface area contributed by atoms with Crippen LogP contribution < -0.4 is 9.47 Å². The summed E-state index contributed by atoms with van der Waals surface area (Å²) in [4.78, 5) is 14.4. The second kappa shape index (κ2) is 5.42. The maximum atomic E-state index is 12.2. The Hall–Kier alpha value is -1.51. The average Bonchev–Trinajstić information content (AvgIpc) is 2.25. The van der Waals surface area contributed by atoms with Crippen LogP contribution in [0.5, 0.6) is 11.6 Å². The summed E-state index contributed by atoms with van der Waals surface area (Å²) in [6, 6.07) is 0. The number of hydrogen-bond acceptors (Lipinski definition) is 4. The number of carbonyl (C=O) groups is 1. The zero-order valence-corrected chi connectivity index (χ0v) is 10.5. The van der Waals surface area contributed by atoms with Gasteiger partial charge in [-0.1, -0.05) is 15.9 Å². The van der Waals surface area contributed by atoms with E-state index in [0.717, 1.165) is 6.20 Å². The normalized spacial score (nSPS) is 11.2. The van der Waals surface area contributed by atoms with Gasteiger partial charge in [0.05, 0.1) is 12.7 Å². The minimum absolute atomic E-state index is 0.101. The topological polar surface area (TPSA) is 68.7 Å². The molecule has 0 bridgehead atoms. The van der Waals surface area contributed by atoms with Gasteiger partial charge in [0, 0.05) is 11.5 Å². The summed E-state index contributed by atoms with van der Waals surface area (Å²) >= 11 is 2.93. The van der Waals surface area contributed by atoms with E-state index in [1.54, 1.807) is 0 Å². The number of halogens is 4. The Labute approximate surface area is 108 Å². The Morgan fingerprint density at radius 2 is 2.17 bits per heavy atom. The van der Waals surface area contributed by atoms with Crippen molar-refractivity contribution < 1.29 is 32.5 Å². The Balaban J connectivity index is 3.43. The van der Waals surface area contributed by atoms with Gasteiger partial charge < -0.3 is 14.6 Å². The SMILES string of the molecule is COc1ncc(C(=O)O)c(OC(F)(F)F)c1CBr. The monoisotopic (exact) mass is 329 g/mol. The standard InChI is InChI=1S/C9H7BrF3NO4/c1-17-7-4(2-10)6(18-9(11,12)13)5(3-14-7)8(15)16/h3H,2H2,1H3,(H,15,16). The Kier molecular flexibility index (Phi) is 4.38. The molecule has 0 saturated heterocycles. The second-order valence-corrected chi connectivity index (χ2v) is 3.54. The summed E-state index contributed by atoms with van der Waals surface area (Å²) in [5, 5.41) is 8.70. The quantitative estimate of drug-likeness (QED) is 0.860. The highest BCUT2D eigenvalue weighted by atomic mass is 79.9. The van der Waals surface area contributed by atoms with Crippen LogP contribution in [0.1, 0.15) is 15.9 Å². The first kappa shape index (κ1) is 14.6. The minimum Gasteiger partial charge on any atom is -0.481 e. The van der Waals surface area contributed by atoms with Gasteiger partial charge in [0.15, 0.2) is 5.75 Å². The number of methoxy groups -OCH3 is 1. The van der Waals surface area contributed by atoms with Crippen molar-refractivity contribution in [3.8, 4) is 11.6 Å². The molecule has 0 saturated carbocycles. The first-order valence-corrected chi connectivity index (χ1v) is 5.53. The van der Waals surface area contributed by atoms with Crippen molar-refractivity contribution in [2.75, 3.05) is 7.11 Å². The Bertz CT molecular complexity index is 464. The molecule has 1 heterocycles. The van der Waals surface area contributed by atoms with E-state index in [0.29, 0.717) is 0 Å². The molecule has 0 fully saturated rings. The molecule has 0 aliphatic carbocycles. The molecule has 9 heteroatoms. The molecule has 5 nitrogen and oxygen atoms in total. The number of rotatable bonds is 4. The summed E-state index contributed by atoms with van der Waals surface area (Å²) < 4.78 is 45.2. The summed E-state index contributed by atoms with van der Waals surface area (Å²) in [6.45, 7) is 0. The van der Waals surface area contributed by atoms with Crippen LogP contribution in [0.2, 0.25) is 0 Å². The Morgan fingerprint density at radius 1 is 1.56 bits per heavy atom. The van der Waals surface area contributed by atoms with Gasteiger partial charge in [-0.15, -0.1) is 13.2 Å². The molecule has 0 aromatic carbocycles. The average molecular weight is 330 g/mol. The zero-order valence-electron chi connectivity index (χ0n) is 8.92. The number of nitrogens with zero attached hydrogens (tertiary/aromatic N) is 1. The number of carboxylic acids is 1. The highest BCUT2D eigenvalue weighted by molar-refractivity contribution is 9.08. The van der Waals surface area contributed by atoms with Gasteiger partial charge in [0.1, 0.15) is 5.56 Å². The van der Waals surface area contributed by atoms with Crippen LogP contribution in [-0.2, 0) is 5.33 Å². The molecule has 1 aromatic heterocycles. The van der Waals surface area contributed by atoms with Crippen LogP contribution in [0, 0.1) is 0 Å². The lowest BCUT2D eigenvalue weighted by Gasteiger charge is -2.15. The van der Waals surface area contributed by atoms with Crippen molar-refractivity contribution in [2.24, 2.45) is 0 Å². The smallest absolute Gasteiger partial charge is 0.481 e. The molecule has 1 rings (SSSR count). The molecule has 0 amide bonds. The van der Waals surface area contributed by atoms with E-state index in [2.05, 4.69) is 25.7 Å². The van der Waals surface area contributed by atoms with E-state index in [1.807, 2.05) is 0 Å². The van der Waals surface area contributed by atoms with Gasteiger partial charge in [-0.05, 0) is 0 Å². The number of hydrogen-bond donors (Lipinski definition) is 1. The van der Waals surface area contributed by atoms with E-state index < -0.39 is 23.6 Å². The predicted octanol–water partition coefficient (Wildman–Crippen LogP) is 2.58. The maximum Gasteiger partial charge on any atom is 0.573 e. The van der Waals surface area contributed by atoms with E-state index >= 15 is 0 Å². The van der Waals surface area contributed by atoms with Crippen molar-refractivity contribution in [3.63, 3.8) is 0 Å². The minimum atomic E-state index is -5.01. The number of carboxylic acid groups (broad SMARTS) is 1. The van der Waals surface area contributed by atoms with Gasteiger partial charge in [-0.25, -0.2) is 9.78 Å². The fraction of sp³-hybridized carbons (Fsp3) is 0.333. The lowest BCUT2D eigenvalue weighted by Crippen LogP contribution is -2.20. The molecule has 18 heavy (non-hydrogen) atoms. The fourth-order valence-electron chi connectivity index (χ4n) is 1.20. The van der Waals surface area contributed by atoms with Crippen LogP contribution in [0.25, 0.3) is 0 Å². The third-order valence-electron chi connectivity index (χ3n) is 1.86. The zero-order chi connectivity index (χ0) is 13.9. The molecule has 1 aromatic rings. The van der Waals surface area contributed by atoms with Crippen molar-refractivity contribution in [3.05, 3.63) is 17.3 Å². The van der Waals surface area contributed by atoms with Crippen LogP contribution >= 0.6 is 15.9 Å². The van der Waals surface area contributed by atoms with Gasteiger partial charge >= 0.3 is 12.3 Å². The number of alkyl halides is 4. The largest absolute Gasteiger partial charge is 0.573 e. The molecule has 100 valence electrons. The first-order chi connectivity index (χ1) is 8.30. The van der Waals surface area contributed by atoms with Gasteiger partial charge in [-0.3, -0.25) is 0 Å². The van der Waals surface area contributed by atoms with Gasteiger partial charge in [-0.2, -0.15) is 0 Å². The van der Waals surface area contributed by atoms with Gasteiger partial charge in [0.2, 0.25) is 5.88 Å². The van der Waals surface area contributed by atoms with Crippen molar-refractivity contribution in [2.45, 2.75) is 11.7 Å². The van der Waals surface area contributed by atoms with Gasteiger partial charge in [0.25, 0.3) is 0 Å². The number of aromatic nitrogens is 1.